The number of nitrogens with zero attached hydrogens (tertiary/aromatic N) is 1. The van der Waals surface area contributed by atoms with Crippen LogP contribution in [0.5, 0.6) is 0 Å². The third-order valence-electron chi connectivity index (χ3n) is 5.04. The first-order valence-electron chi connectivity index (χ1n) is 10.9. The van der Waals surface area contributed by atoms with E-state index in [4.69, 9.17) is 28.0 Å². The molecule has 2 N–H and O–H groups in total. The van der Waals surface area contributed by atoms with E-state index in [1.165, 1.54) is 20.2 Å². The van der Waals surface area contributed by atoms with Crippen molar-refractivity contribution in [3.8, 4) is 0 Å². The Morgan fingerprint density at radius 3 is 2.47 bits per heavy atom. The highest BCUT2D eigenvalue weighted by Crippen LogP contribution is 2.56. The Bertz CT molecular complexity index is 968. The maximum atomic E-state index is 13.3. The minimum absolute atomic E-state index is 0.0283. The number of rotatable bonds is 13. The van der Waals surface area contributed by atoms with E-state index in [0.717, 1.165) is 11.5 Å². The molecule has 1 fully saturated rings. The molecule has 0 spiro atoms. The van der Waals surface area contributed by atoms with E-state index in [1.807, 2.05) is 0 Å². The fraction of sp³-hybridized carbons (Fsp3) is 0.750. The molecular weight excluding hydrogens is 475 g/mol. The van der Waals surface area contributed by atoms with Gasteiger partial charge >= 0.3 is 19.3 Å². The second-order valence-electron chi connectivity index (χ2n) is 7.54. The number of methoxy groups -OCH3 is 1. The average molecular weight is 508 g/mol. The Balaban J connectivity index is 2.41. The molecule has 1 saturated heterocycles. The van der Waals surface area contributed by atoms with Crippen molar-refractivity contribution >= 4 is 13.6 Å². The van der Waals surface area contributed by atoms with Gasteiger partial charge in [0.05, 0.1) is 32.5 Å². The van der Waals surface area contributed by atoms with Crippen molar-refractivity contribution in [2.75, 3.05) is 33.5 Å². The van der Waals surface area contributed by atoms with E-state index in [0.29, 0.717) is 0 Å². The van der Waals surface area contributed by atoms with Crippen LogP contribution >= 0.6 is 7.60 Å². The summed E-state index contributed by atoms with van der Waals surface area (Å²) in [5.41, 5.74) is -1.08. The molecule has 13 nitrogen and oxygen atoms in total. The normalized spacial score (nSPS) is 23.7. The first-order chi connectivity index (χ1) is 16.1. The number of aliphatic hydroxyl groups excluding tert-OH is 1. The number of carbonyl (C=O) groups excluding carboxylic acids is 1. The lowest BCUT2D eigenvalue weighted by Crippen LogP contribution is -2.40. The fourth-order valence-corrected chi connectivity index (χ4v) is 5.43. The van der Waals surface area contributed by atoms with Gasteiger partial charge in [0.25, 0.3) is 5.56 Å². The number of ether oxygens (including phenoxy) is 4. The third-order valence-corrected chi connectivity index (χ3v) is 7.30. The van der Waals surface area contributed by atoms with Crippen LogP contribution in [0.25, 0.3) is 0 Å². The number of nitrogens with one attached hydrogen (secondary N) is 1. The lowest BCUT2D eigenvalue weighted by molar-refractivity contribution is -0.145. The van der Waals surface area contributed by atoms with Crippen molar-refractivity contribution in [1.82, 2.24) is 9.55 Å². The molecule has 1 aromatic rings. The van der Waals surface area contributed by atoms with E-state index in [2.05, 4.69) is 4.98 Å². The second kappa shape index (κ2) is 12.7. The molecule has 0 aliphatic carbocycles. The Hall–Kier alpha value is -1.86. The maximum absolute atomic E-state index is 13.3. The monoisotopic (exact) mass is 508 g/mol. The Kier molecular flexibility index (Phi) is 10.6. The van der Waals surface area contributed by atoms with Crippen LogP contribution < -0.4 is 11.2 Å². The highest BCUT2D eigenvalue weighted by molar-refractivity contribution is 7.54. The predicted molar refractivity (Wildman–Crippen MR) is 119 cm³/mol. The van der Waals surface area contributed by atoms with Crippen molar-refractivity contribution < 1.29 is 42.5 Å². The molecule has 1 aliphatic heterocycles. The fourth-order valence-electron chi connectivity index (χ4n) is 3.56. The Morgan fingerprint density at radius 1 is 1.26 bits per heavy atom. The summed E-state index contributed by atoms with van der Waals surface area (Å²) in [6.45, 7) is 6.21. The van der Waals surface area contributed by atoms with Gasteiger partial charge in [0.2, 0.25) is 5.85 Å². The summed E-state index contributed by atoms with van der Waals surface area (Å²) in [4.78, 5) is 38.2. The van der Waals surface area contributed by atoms with Crippen LogP contribution in [0.3, 0.4) is 0 Å². The molecule has 0 amide bonds. The molecule has 0 aromatic carbocycles. The molecular formula is C20H33N2O11P. The zero-order valence-electron chi connectivity index (χ0n) is 19.9. The van der Waals surface area contributed by atoms with Gasteiger partial charge in [-0.2, -0.15) is 0 Å². The minimum Gasteiger partial charge on any atom is -0.449 e. The SMILES string of the molecule is CCOP(=O)(OCC)C(C[C@H]1O[C@@H](n2cc(C)c(=O)[nH]c2=O)[C@H](OCCOC)[C@@H]1O)OC(C)=O. The molecule has 5 atom stereocenters. The van der Waals surface area contributed by atoms with Crippen LogP contribution in [0.15, 0.2) is 15.8 Å². The predicted octanol–water partition coefficient (Wildman–Crippen LogP) is 0.680. The van der Waals surface area contributed by atoms with Gasteiger partial charge in [-0.3, -0.25) is 23.7 Å². The van der Waals surface area contributed by atoms with Crippen LogP contribution in [0.4, 0.5) is 0 Å². The number of aliphatic hydroxyl groups is 1. The number of aromatic amines is 1. The standard InChI is InChI=1S/C20H33N2O11P/c1-6-30-34(27,31-7-2)15(32-13(4)23)10-14-16(24)17(29-9-8-28-5)19(33-14)22-11-12(3)18(25)21-20(22)26/h11,14-17,19,24H,6-10H2,1-5H3,(H,21,25,26)/t14-,15?,16-,17-,19-/m1/s1. The van der Waals surface area contributed by atoms with Gasteiger partial charge in [-0.05, 0) is 20.8 Å². The number of esters is 1. The van der Waals surface area contributed by atoms with Gasteiger partial charge in [0.15, 0.2) is 6.23 Å². The van der Waals surface area contributed by atoms with Crippen molar-refractivity contribution in [1.29, 1.82) is 0 Å². The smallest absolute Gasteiger partial charge is 0.371 e. The summed E-state index contributed by atoms with van der Waals surface area (Å²) in [7, 11) is -2.46. The zero-order valence-corrected chi connectivity index (χ0v) is 20.8. The highest BCUT2D eigenvalue weighted by atomic mass is 31.2. The number of hydrogen-bond acceptors (Lipinski definition) is 11. The Labute approximate surface area is 196 Å². The summed E-state index contributed by atoms with van der Waals surface area (Å²) in [6.07, 6.45) is -3.58. The van der Waals surface area contributed by atoms with E-state index in [-0.39, 0.29) is 38.4 Å². The molecule has 194 valence electrons. The average Bonchev–Trinajstić information content (AvgIpc) is 3.06. The van der Waals surface area contributed by atoms with Crippen LogP contribution in [-0.2, 0) is 37.4 Å². The summed E-state index contributed by atoms with van der Waals surface area (Å²) in [5, 5.41) is 11.0. The molecule has 0 bridgehead atoms. The van der Waals surface area contributed by atoms with E-state index >= 15 is 0 Å². The first-order valence-corrected chi connectivity index (χ1v) is 12.5. The van der Waals surface area contributed by atoms with Crippen molar-refractivity contribution in [3.63, 3.8) is 0 Å². The van der Waals surface area contributed by atoms with Gasteiger partial charge in [0, 0.05) is 32.2 Å². The lowest BCUT2D eigenvalue weighted by atomic mass is 10.1. The number of carbonyl (C=O) groups is 1. The van der Waals surface area contributed by atoms with Crippen molar-refractivity contribution in [2.45, 2.75) is 64.5 Å². The number of aryl methyl sites for hydroxylation is 1. The number of H-pyrrole nitrogens is 1. The number of aromatic nitrogens is 2. The minimum atomic E-state index is -3.93. The summed E-state index contributed by atoms with van der Waals surface area (Å²) in [6, 6.07) is 0. The summed E-state index contributed by atoms with van der Waals surface area (Å²) in [5.74, 6) is -2.11. The molecule has 1 unspecified atom stereocenters. The third kappa shape index (κ3) is 6.85. The van der Waals surface area contributed by atoms with Crippen molar-refractivity contribution in [2.24, 2.45) is 0 Å². The van der Waals surface area contributed by atoms with Gasteiger partial charge in [-0.1, -0.05) is 0 Å². The first kappa shape index (κ1) is 28.4. The maximum Gasteiger partial charge on any atom is 0.371 e. The van der Waals surface area contributed by atoms with Gasteiger partial charge in [-0.15, -0.1) is 0 Å². The van der Waals surface area contributed by atoms with Crippen LogP contribution in [-0.4, -0.2) is 78.3 Å². The quantitative estimate of drug-likeness (QED) is 0.219. The zero-order chi connectivity index (χ0) is 25.5. The molecule has 14 heteroatoms. The summed E-state index contributed by atoms with van der Waals surface area (Å²) < 4.78 is 47.0. The van der Waals surface area contributed by atoms with Gasteiger partial charge in [-0.25, -0.2) is 4.79 Å². The van der Waals surface area contributed by atoms with Crippen molar-refractivity contribution in [3.05, 3.63) is 32.6 Å². The van der Waals surface area contributed by atoms with E-state index in [1.54, 1.807) is 13.8 Å². The second-order valence-corrected chi connectivity index (χ2v) is 9.71. The van der Waals surface area contributed by atoms with Crippen LogP contribution in [0.1, 0.15) is 39.0 Å². The molecule has 1 aliphatic rings. The van der Waals surface area contributed by atoms with Crippen LogP contribution in [0, 0.1) is 6.92 Å². The topological polar surface area (TPSA) is 165 Å². The van der Waals surface area contributed by atoms with Crippen LogP contribution in [0.2, 0.25) is 0 Å². The molecule has 1 aromatic heterocycles. The summed E-state index contributed by atoms with van der Waals surface area (Å²) >= 11 is 0. The Morgan fingerprint density at radius 2 is 1.91 bits per heavy atom. The van der Waals surface area contributed by atoms with Gasteiger partial charge in [0.1, 0.15) is 12.2 Å². The highest BCUT2D eigenvalue weighted by Gasteiger charge is 2.50. The molecule has 0 saturated carbocycles. The van der Waals surface area contributed by atoms with Gasteiger partial charge < -0.3 is 33.1 Å². The molecule has 2 heterocycles. The molecule has 0 radical (unpaired) electrons. The largest absolute Gasteiger partial charge is 0.449 e. The lowest BCUT2D eigenvalue weighted by Gasteiger charge is -2.28. The van der Waals surface area contributed by atoms with E-state index < -0.39 is 55.2 Å². The number of hydrogen-bond donors (Lipinski definition) is 2. The molecule has 34 heavy (non-hydrogen) atoms. The van der Waals surface area contributed by atoms with E-state index in [9.17, 15) is 24.1 Å². The molecule has 2 rings (SSSR count).